The van der Waals surface area contributed by atoms with Gasteiger partial charge in [-0.05, 0) is 37.8 Å². The number of fused-ring (bicyclic) bond motifs is 1. The van der Waals surface area contributed by atoms with Crippen LogP contribution in [0.15, 0.2) is 24.3 Å². The summed E-state index contributed by atoms with van der Waals surface area (Å²) < 4.78 is 0. The highest BCUT2D eigenvalue weighted by molar-refractivity contribution is 5.99. The lowest BCUT2D eigenvalue weighted by Gasteiger charge is -2.33. The number of carboxylic acids is 1. The largest absolute Gasteiger partial charge is 0.481 e. The van der Waals surface area contributed by atoms with Crippen LogP contribution in [0.3, 0.4) is 0 Å². The van der Waals surface area contributed by atoms with E-state index >= 15 is 0 Å². The molecule has 1 aromatic rings. The summed E-state index contributed by atoms with van der Waals surface area (Å²) in [6.45, 7) is 2.04. The zero-order valence-corrected chi connectivity index (χ0v) is 12.3. The normalized spacial score (nSPS) is 28.2. The fourth-order valence-corrected chi connectivity index (χ4v) is 3.80. The van der Waals surface area contributed by atoms with E-state index in [-0.39, 0.29) is 17.9 Å². The molecular formula is C17H21NO3. The number of carbonyl (C=O) groups excluding carboxylic acids is 1. The van der Waals surface area contributed by atoms with Gasteiger partial charge in [0.2, 0.25) is 5.91 Å². The number of amides is 1. The van der Waals surface area contributed by atoms with Crippen molar-refractivity contribution in [2.24, 2.45) is 11.8 Å². The first-order valence-electron chi connectivity index (χ1n) is 7.73. The molecule has 21 heavy (non-hydrogen) atoms. The van der Waals surface area contributed by atoms with Gasteiger partial charge in [-0.25, -0.2) is 0 Å². The van der Waals surface area contributed by atoms with Gasteiger partial charge in [0, 0.05) is 11.7 Å². The van der Waals surface area contributed by atoms with Crippen molar-refractivity contribution >= 4 is 17.6 Å². The van der Waals surface area contributed by atoms with E-state index in [0.29, 0.717) is 12.8 Å². The predicted octanol–water partition coefficient (Wildman–Crippen LogP) is 2.86. The van der Waals surface area contributed by atoms with E-state index in [1.807, 2.05) is 30.0 Å². The lowest BCUT2D eigenvalue weighted by atomic mass is 9.78. The van der Waals surface area contributed by atoms with Gasteiger partial charge in [-0.15, -0.1) is 0 Å². The molecule has 1 saturated carbocycles. The first-order chi connectivity index (χ1) is 10.1. The molecule has 0 bridgehead atoms. The van der Waals surface area contributed by atoms with E-state index < -0.39 is 11.9 Å². The molecular weight excluding hydrogens is 266 g/mol. The van der Waals surface area contributed by atoms with Gasteiger partial charge in [0.05, 0.1) is 11.8 Å². The molecule has 1 fully saturated rings. The van der Waals surface area contributed by atoms with Crippen molar-refractivity contribution in [1.82, 2.24) is 0 Å². The number of anilines is 1. The summed E-state index contributed by atoms with van der Waals surface area (Å²) in [5, 5.41) is 9.39. The molecule has 1 aromatic carbocycles. The van der Waals surface area contributed by atoms with Gasteiger partial charge in [-0.2, -0.15) is 0 Å². The Hall–Kier alpha value is -1.84. The molecule has 0 aromatic heterocycles. The Morgan fingerprint density at radius 1 is 1.14 bits per heavy atom. The number of benzene rings is 1. The maximum Gasteiger partial charge on any atom is 0.307 e. The highest BCUT2D eigenvalue weighted by Crippen LogP contribution is 2.37. The minimum absolute atomic E-state index is 0.000417. The van der Waals surface area contributed by atoms with Crippen molar-refractivity contribution in [3.8, 4) is 0 Å². The zero-order chi connectivity index (χ0) is 15.0. The molecule has 3 atom stereocenters. The molecule has 1 N–H and O–H groups in total. The second kappa shape index (κ2) is 5.51. The van der Waals surface area contributed by atoms with Gasteiger partial charge in [0.15, 0.2) is 0 Å². The Bertz CT molecular complexity index is 569. The highest BCUT2D eigenvalue weighted by Gasteiger charge is 2.41. The number of carbonyl (C=O) groups is 2. The van der Waals surface area contributed by atoms with Crippen molar-refractivity contribution in [3.63, 3.8) is 0 Å². The lowest BCUT2D eigenvalue weighted by Crippen LogP contribution is -2.45. The summed E-state index contributed by atoms with van der Waals surface area (Å²) in [7, 11) is 0. The zero-order valence-electron chi connectivity index (χ0n) is 12.3. The fraction of sp³-hybridized carbons (Fsp3) is 0.529. The molecule has 4 nitrogen and oxygen atoms in total. The molecule has 1 aliphatic carbocycles. The predicted molar refractivity (Wildman–Crippen MR) is 80.2 cm³/mol. The van der Waals surface area contributed by atoms with Gasteiger partial charge < -0.3 is 10.0 Å². The van der Waals surface area contributed by atoms with Crippen LogP contribution in [0, 0.1) is 11.8 Å². The standard InChI is InChI=1S/C17H21NO3/c1-11-10-12-6-2-5-9-15(12)18(11)16(19)13-7-3-4-8-14(13)17(20)21/h2,5-6,9,11,13-14H,3-4,7-8,10H2,1H3,(H,20,21). The number of hydrogen-bond donors (Lipinski definition) is 1. The van der Waals surface area contributed by atoms with Crippen molar-refractivity contribution in [1.29, 1.82) is 0 Å². The van der Waals surface area contributed by atoms with Gasteiger partial charge in [-0.3, -0.25) is 9.59 Å². The maximum absolute atomic E-state index is 13.0. The summed E-state index contributed by atoms with van der Waals surface area (Å²) >= 11 is 0. The average Bonchev–Trinajstić information content (AvgIpc) is 2.82. The lowest BCUT2D eigenvalue weighted by molar-refractivity contribution is -0.148. The monoisotopic (exact) mass is 287 g/mol. The van der Waals surface area contributed by atoms with Gasteiger partial charge in [0.1, 0.15) is 0 Å². The smallest absolute Gasteiger partial charge is 0.307 e. The molecule has 1 aliphatic heterocycles. The van der Waals surface area contributed by atoms with Crippen molar-refractivity contribution in [2.75, 3.05) is 4.90 Å². The van der Waals surface area contributed by atoms with E-state index in [1.165, 1.54) is 5.56 Å². The van der Waals surface area contributed by atoms with E-state index in [0.717, 1.165) is 24.9 Å². The van der Waals surface area contributed by atoms with E-state index in [9.17, 15) is 14.7 Å². The summed E-state index contributed by atoms with van der Waals surface area (Å²) in [6.07, 6.45) is 4.03. The average molecular weight is 287 g/mol. The number of para-hydroxylation sites is 1. The summed E-state index contributed by atoms with van der Waals surface area (Å²) in [6, 6.07) is 8.06. The van der Waals surface area contributed by atoms with Crippen molar-refractivity contribution in [3.05, 3.63) is 29.8 Å². The second-order valence-electron chi connectivity index (χ2n) is 6.23. The van der Waals surface area contributed by atoms with Gasteiger partial charge in [0.25, 0.3) is 0 Å². The van der Waals surface area contributed by atoms with E-state index in [2.05, 4.69) is 6.07 Å². The molecule has 0 spiro atoms. The minimum Gasteiger partial charge on any atom is -0.481 e. The summed E-state index contributed by atoms with van der Waals surface area (Å²) in [4.78, 5) is 26.2. The third kappa shape index (κ3) is 2.43. The van der Waals surface area contributed by atoms with Crippen LogP contribution in [-0.4, -0.2) is 23.0 Å². The minimum atomic E-state index is -0.826. The summed E-state index contributed by atoms with van der Waals surface area (Å²) in [5.74, 6) is -1.72. The number of aliphatic carboxylic acids is 1. The van der Waals surface area contributed by atoms with Crippen LogP contribution < -0.4 is 4.90 Å². The third-order valence-electron chi connectivity index (χ3n) is 4.85. The molecule has 112 valence electrons. The van der Waals surface area contributed by atoms with Crippen LogP contribution in [0.4, 0.5) is 5.69 Å². The van der Waals surface area contributed by atoms with Gasteiger partial charge >= 0.3 is 5.97 Å². The molecule has 3 unspecified atom stereocenters. The molecule has 1 amide bonds. The number of carboxylic acid groups (broad SMARTS) is 1. The van der Waals surface area contributed by atoms with Crippen LogP contribution in [0.1, 0.15) is 38.2 Å². The molecule has 2 aliphatic rings. The van der Waals surface area contributed by atoms with Crippen molar-refractivity contribution in [2.45, 2.75) is 45.1 Å². The van der Waals surface area contributed by atoms with Crippen LogP contribution in [0.5, 0.6) is 0 Å². The molecule has 0 saturated heterocycles. The summed E-state index contributed by atoms with van der Waals surface area (Å²) in [5.41, 5.74) is 2.14. The SMILES string of the molecule is CC1Cc2ccccc2N1C(=O)C1CCCCC1C(=O)O. The van der Waals surface area contributed by atoms with Crippen LogP contribution in [0.25, 0.3) is 0 Å². The molecule has 1 heterocycles. The van der Waals surface area contributed by atoms with Gasteiger partial charge in [-0.1, -0.05) is 31.0 Å². The molecule has 0 radical (unpaired) electrons. The highest BCUT2D eigenvalue weighted by atomic mass is 16.4. The number of hydrogen-bond acceptors (Lipinski definition) is 2. The Kier molecular flexibility index (Phi) is 3.70. The Morgan fingerprint density at radius 3 is 2.52 bits per heavy atom. The fourth-order valence-electron chi connectivity index (χ4n) is 3.80. The first-order valence-corrected chi connectivity index (χ1v) is 7.73. The first kappa shape index (κ1) is 14.1. The quantitative estimate of drug-likeness (QED) is 0.910. The maximum atomic E-state index is 13.0. The van der Waals surface area contributed by atoms with Crippen LogP contribution in [0.2, 0.25) is 0 Å². The number of rotatable bonds is 2. The van der Waals surface area contributed by atoms with E-state index in [4.69, 9.17) is 0 Å². The Labute approximate surface area is 124 Å². The van der Waals surface area contributed by atoms with Crippen LogP contribution in [-0.2, 0) is 16.0 Å². The number of nitrogens with zero attached hydrogens (tertiary/aromatic N) is 1. The van der Waals surface area contributed by atoms with Crippen LogP contribution >= 0.6 is 0 Å². The molecule has 4 heteroatoms. The van der Waals surface area contributed by atoms with E-state index in [1.54, 1.807) is 0 Å². The topological polar surface area (TPSA) is 57.6 Å². The van der Waals surface area contributed by atoms with Crippen molar-refractivity contribution < 1.29 is 14.7 Å². The third-order valence-corrected chi connectivity index (χ3v) is 4.85. The Balaban J connectivity index is 1.89. The molecule has 3 rings (SSSR count). The Morgan fingerprint density at radius 2 is 1.81 bits per heavy atom. The second-order valence-corrected chi connectivity index (χ2v) is 6.23.